The first kappa shape index (κ1) is 14.6. The second-order valence-electron chi connectivity index (χ2n) is 6.73. The van der Waals surface area contributed by atoms with Gasteiger partial charge in [-0.3, -0.25) is 9.48 Å². The summed E-state index contributed by atoms with van der Waals surface area (Å²) < 4.78 is 3.79. The van der Waals surface area contributed by atoms with E-state index in [2.05, 4.69) is 37.8 Å². The summed E-state index contributed by atoms with van der Waals surface area (Å²) in [4.78, 5) is 12.3. The molecule has 0 saturated heterocycles. The number of nitrogens with one attached hydrogen (secondary N) is 2. The highest BCUT2D eigenvalue weighted by molar-refractivity contribution is 6.03. The topological polar surface area (TPSA) is 89.7 Å². The molecule has 4 heterocycles. The summed E-state index contributed by atoms with van der Waals surface area (Å²) in [5, 5.41) is 19.5. The molecule has 1 amide bonds. The molecule has 2 N–H and O–H groups in total. The zero-order chi connectivity index (χ0) is 17.0. The van der Waals surface area contributed by atoms with E-state index in [9.17, 15) is 4.79 Å². The number of carbonyl (C=O) groups excluding carboxylic acids is 1. The van der Waals surface area contributed by atoms with Gasteiger partial charge in [0.1, 0.15) is 5.52 Å². The minimum absolute atomic E-state index is 0.00280. The van der Waals surface area contributed by atoms with Crippen LogP contribution < -0.4 is 10.6 Å². The number of benzene rings is 1. The molecule has 1 atom stereocenters. The summed E-state index contributed by atoms with van der Waals surface area (Å²) >= 11 is 0. The van der Waals surface area contributed by atoms with Gasteiger partial charge >= 0.3 is 0 Å². The molecule has 1 unspecified atom stereocenters. The first-order chi connectivity index (χ1) is 12.2. The van der Waals surface area contributed by atoms with Crippen molar-refractivity contribution in [3.05, 3.63) is 35.2 Å². The Morgan fingerprint density at radius 2 is 2.24 bits per heavy atom. The van der Waals surface area contributed by atoms with Crippen LogP contribution in [0.1, 0.15) is 35.7 Å². The zero-order valence-corrected chi connectivity index (χ0v) is 14.0. The van der Waals surface area contributed by atoms with Crippen molar-refractivity contribution >= 4 is 22.6 Å². The number of anilines is 1. The summed E-state index contributed by atoms with van der Waals surface area (Å²) in [6.45, 7) is 2.75. The first-order valence-corrected chi connectivity index (χ1v) is 8.60. The van der Waals surface area contributed by atoms with Gasteiger partial charge in [0.05, 0.1) is 22.6 Å². The summed E-state index contributed by atoms with van der Waals surface area (Å²) in [5.41, 5.74) is 5.62. The molecule has 0 bridgehead atoms. The van der Waals surface area contributed by atoms with Crippen molar-refractivity contribution in [1.82, 2.24) is 30.1 Å². The maximum atomic E-state index is 12.3. The van der Waals surface area contributed by atoms with Gasteiger partial charge in [-0.1, -0.05) is 11.3 Å². The van der Waals surface area contributed by atoms with Crippen LogP contribution >= 0.6 is 0 Å². The number of hydrogen-bond donors (Lipinski definition) is 2. The van der Waals surface area contributed by atoms with Crippen LogP contribution in [0.15, 0.2) is 18.2 Å². The summed E-state index contributed by atoms with van der Waals surface area (Å²) in [6, 6.07) is 6.21. The molecular formula is C17H19N7O. The van der Waals surface area contributed by atoms with Crippen LogP contribution in [-0.4, -0.2) is 37.2 Å². The molecule has 2 aromatic heterocycles. The molecule has 128 valence electrons. The molecule has 0 fully saturated rings. The fraction of sp³-hybridized carbons (Fsp3) is 0.412. The van der Waals surface area contributed by atoms with E-state index in [-0.39, 0.29) is 11.8 Å². The highest BCUT2D eigenvalue weighted by Gasteiger charge is 2.31. The van der Waals surface area contributed by atoms with E-state index < -0.39 is 0 Å². The minimum atomic E-state index is -0.0467. The monoisotopic (exact) mass is 337 g/mol. The minimum Gasteiger partial charge on any atom is -0.324 e. The number of carbonyl (C=O) groups is 1. The van der Waals surface area contributed by atoms with Gasteiger partial charge in [0, 0.05) is 32.5 Å². The number of hydrogen-bond acceptors (Lipinski definition) is 5. The summed E-state index contributed by atoms with van der Waals surface area (Å²) in [5.74, 6) is -0.0495. The normalized spacial score (nSPS) is 20.0. The number of rotatable bonds is 1. The van der Waals surface area contributed by atoms with E-state index in [0.29, 0.717) is 6.42 Å². The molecule has 0 radical (unpaired) electrons. The van der Waals surface area contributed by atoms with Crippen LogP contribution in [0.4, 0.5) is 5.69 Å². The predicted molar refractivity (Wildman–Crippen MR) is 92.1 cm³/mol. The molecular weight excluding hydrogens is 318 g/mol. The van der Waals surface area contributed by atoms with Gasteiger partial charge in [-0.05, 0) is 30.7 Å². The zero-order valence-electron chi connectivity index (χ0n) is 14.0. The lowest BCUT2D eigenvalue weighted by molar-refractivity contribution is -0.116. The van der Waals surface area contributed by atoms with Gasteiger partial charge in [-0.2, -0.15) is 5.10 Å². The molecule has 2 aliphatic heterocycles. The van der Waals surface area contributed by atoms with E-state index in [1.165, 1.54) is 5.69 Å². The van der Waals surface area contributed by atoms with E-state index in [1.54, 1.807) is 4.68 Å². The average Bonchev–Trinajstić information content (AvgIpc) is 3.11. The lowest BCUT2D eigenvalue weighted by Crippen LogP contribution is -2.24. The molecule has 8 heteroatoms. The molecule has 2 aliphatic rings. The Kier molecular flexibility index (Phi) is 3.14. The van der Waals surface area contributed by atoms with Crippen LogP contribution in [0, 0.1) is 0 Å². The molecule has 8 nitrogen and oxygen atoms in total. The third-order valence-electron chi connectivity index (χ3n) is 5.11. The van der Waals surface area contributed by atoms with Crippen LogP contribution in [0.5, 0.6) is 0 Å². The number of nitrogens with zero attached hydrogens (tertiary/aromatic N) is 5. The van der Waals surface area contributed by atoms with Crippen molar-refractivity contribution < 1.29 is 4.79 Å². The fourth-order valence-corrected chi connectivity index (χ4v) is 3.84. The third-order valence-corrected chi connectivity index (χ3v) is 5.11. The van der Waals surface area contributed by atoms with Crippen LogP contribution in [0.25, 0.3) is 11.0 Å². The Labute approximate surface area is 144 Å². The molecule has 0 aliphatic carbocycles. The number of aromatic nitrogens is 5. The number of fused-ring (bicyclic) bond motifs is 4. The highest BCUT2D eigenvalue weighted by atomic mass is 16.1. The van der Waals surface area contributed by atoms with Crippen LogP contribution in [0.2, 0.25) is 0 Å². The van der Waals surface area contributed by atoms with Gasteiger partial charge in [0.25, 0.3) is 0 Å². The van der Waals surface area contributed by atoms with Gasteiger partial charge < -0.3 is 10.6 Å². The molecule has 3 aromatic rings. The van der Waals surface area contributed by atoms with E-state index in [0.717, 1.165) is 54.0 Å². The molecule has 5 rings (SSSR count). The smallest absolute Gasteiger partial charge is 0.225 e. The number of aryl methyl sites for hydroxylation is 2. The molecule has 0 spiro atoms. The first-order valence-electron chi connectivity index (χ1n) is 8.60. The Hall–Kier alpha value is -2.74. The second kappa shape index (κ2) is 5.38. The maximum Gasteiger partial charge on any atom is 0.225 e. The van der Waals surface area contributed by atoms with Crippen molar-refractivity contribution in [3.63, 3.8) is 0 Å². The Bertz CT molecular complexity index is 963. The van der Waals surface area contributed by atoms with Crippen molar-refractivity contribution in [2.24, 2.45) is 7.05 Å². The average molecular weight is 337 g/mol. The van der Waals surface area contributed by atoms with E-state index in [4.69, 9.17) is 5.10 Å². The predicted octanol–water partition coefficient (Wildman–Crippen LogP) is 1.13. The molecule has 0 saturated carbocycles. The fourth-order valence-electron chi connectivity index (χ4n) is 3.84. The summed E-state index contributed by atoms with van der Waals surface area (Å²) in [7, 11) is 1.85. The molecule has 25 heavy (non-hydrogen) atoms. The van der Waals surface area contributed by atoms with Crippen molar-refractivity contribution in [2.45, 2.75) is 31.8 Å². The Balaban J connectivity index is 1.64. The van der Waals surface area contributed by atoms with E-state index >= 15 is 0 Å². The summed E-state index contributed by atoms with van der Waals surface area (Å²) in [6.07, 6.45) is 1.47. The quantitative estimate of drug-likeness (QED) is 0.695. The lowest BCUT2D eigenvalue weighted by Gasteiger charge is -2.24. The highest BCUT2D eigenvalue weighted by Crippen LogP contribution is 2.40. The van der Waals surface area contributed by atoms with Crippen molar-refractivity contribution in [3.8, 4) is 0 Å². The SMILES string of the molecule is Cn1nnc2c3c(ccc21)C(c1cc2n(n1)CCCNC2)CC(=O)N3. The largest absolute Gasteiger partial charge is 0.324 e. The second-order valence-corrected chi connectivity index (χ2v) is 6.73. The molecule has 1 aromatic carbocycles. The third kappa shape index (κ3) is 2.25. The Morgan fingerprint density at radius 1 is 1.32 bits per heavy atom. The van der Waals surface area contributed by atoms with Crippen molar-refractivity contribution in [2.75, 3.05) is 11.9 Å². The van der Waals surface area contributed by atoms with Gasteiger partial charge in [-0.15, -0.1) is 5.10 Å². The maximum absolute atomic E-state index is 12.3. The van der Waals surface area contributed by atoms with Gasteiger partial charge in [0.2, 0.25) is 5.91 Å². The lowest BCUT2D eigenvalue weighted by atomic mass is 9.87. The van der Waals surface area contributed by atoms with E-state index in [1.807, 2.05) is 13.1 Å². The van der Waals surface area contributed by atoms with Crippen LogP contribution in [-0.2, 0) is 24.9 Å². The van der Waals surface area contributed by atoms with Gasteiger partial charge in [0.15, 0.2) is 0 Å². The number of amides is 1. The Morgan fingerprint density at radius 3 is 3.16 bits per heavy atom. The standard InChI is InChI=1S/C17H19N7O/c1-23-14-4-3-11-12(8-15(25)19-16(11)17(14)20-22-23)13-7-10-9-18-5-2-6-24(10)21-13/h3-4,7,12,18H,2,5-6,8-9H2,1H3,(H,19,25). The van der Waals surface area contributed by atoms with Gasteiger partial charge in [-0.25, -0.2) is 4.68 Å². The van der Waals surface area contributed by atoms with Crippen molar-refractivity contribution in [1.29, 1.82) is 0 Å². The van der Waals surface area contributed by atoms with Crippen LogP contribution in [0.3, 0.4) is 0 Å².